The fraction of sp³-hybridized carbons (Fsp3) is 0.533. The molecule has 4 nitrogen and oxygen atoms in total. The molecule has 1 aromatic carbocycles. The van der Waals surface area contributed by atoms with Gasteiger partial charge < -0.3 is 15.6 Å². The van der Waals surface area contributed by atoms with Crippen molar-refractivity contribution in [3.63, 3.8) is 0 Å². The zero-order valence-corrected chi connectivity index (χ0v) is 10.8. The molecule has 19 heavy (non-hydrogen) atoms. The molecule has 3 aliphatic rings. The van der Waals surface area contributed by atoms with E-state index in [9.17, 15) is 9.90 Å². The number of hydrogen-bond donors (Lipinski definition) is 2. The number of carbonyl (C=O) groups is 1. The Morgan fingerprint density at radius 3 is 2.37 bits per heavy atom. The van der Waals surface area contributed by atoms with E-state index in [4.69, 9.17) is 10.5 Å². The van der Waals surface area contributed by atoms with E-state index < -0.39 is 17.8 Å². The van der Waals surface area contributed by atoms with Crippen molar-refractivity contribution in [3.05, 3.63) is 35.9 Å². The highest BCUT2D eigenvalue weighted by Crippen LogP contribution is 2.54. The Hall–Kier alpha value is -1.55. The quantitative estimate of drug-likeness (QED) is 0.856. The van der Waals surface area contributed by atoms with Gasteiger partial charge in [-0.1, -0.05) is 30.3 Å². The molecule has 1 unspecified atom stereocenters. The number of nitrogens with two attached hydrogens (primary N) is 1. The molecule has 3 fully saturated rings. The molecule has 4 rings (SSSR count). The second kappa shape index (κ2) is 4.23. The summed E-state index contributed by atoms with van der Waals surface area (Å²) in [7, 11) is 0. The Kier molecular flexibility index (Phi) is 2.78. The van der Waals surface area contributed by atoms with Crippen LogP contribution in [0, 0.1) is 0 Å². The smallest absolute Gasteiger partial charge is 0.405 e. The van der Waals surface area contributed by atoms with Gasteiger partial charge in [-0.15, -0.1) is 0 Å². The van der Waals surface area contributed by atoms with Crippen LogP contribution in [0.15, 0.2) is 30.3 Å². The summed E-state index contributed by atoms with van der Waals surface area (Å²) in [6.07, 6.45) is 2.52. The summed E-state index contributed by atoms with van der Waals surface area (Å²) < 4.78 is 5.30. The van der Waals surface area contributed by atoms with Gasteiger partial charge in [-0.05, 0) is 31.2 Å². The van der Waals surface area contributed by atoms with Crippen molar-refractivity contribution >= 4 is 6.09 Å². The highest BCUT2D eigenvalue weighted by atomic mass is 16.6. The second-order valence-corrected chi connectivity index (χ2v) is 5.85. The number of amides is 1. The van der Waals surface area contributed by atoms with Crippen LogP contribution in [-0.2, 0) is 10.2 Å². The van der Waals surface area contributed by atoms with E-state index in [2.05, 4.69) is 12.1 Å². The van der Waals surface area contributed by atoms with Crippen LogP contribution in [0.4, 0.5) is 4.79 Å². The highest BCUT2D eigenvalue weighted by molar-refractivity contribution is 5.65. The predicted octanol–water partition coefficient (Wildman–Crippen LogP) is 2.10. The number of carbonyl (C=O) groups excluding carboxylic acids is 1. The normalized spacial score (nSPS) is 37.0. The molecular weight excluding hydrogens is 242 g/mol. The first-order valence-corrected chi connectivity index (χ1v) is 6.78. The number of ether oxygens (including phenoxy) is 1. The molecule has 0 aliphatic heterocycles. The maximum absolute atomic E-state index is 11.0. The molecule has 4 heteroatoms. The fourth-order valence-corrected chi connectivity index (χ4v) is 3.85. The highest BCUT2D eigenvalue weighted by Gasteiger charge is 2.56. The monoisotopic (exact) mass is 261 g/mol. The van der Waals surface area contributed by atoms with Gasteiger partial charge in [0.1, 0.15) is 5.60 Å². The second-order valence-electron chi connectivity index (χ2n) is 5.85. The lowest BCUT2D eigenvalue weighted by Crippen LogP contribution is -2.58. The third kappa shape index (κ3) is 1.91. The average molecular weight is 261 g/mol. The molecule has 0 aromatic heterocycles. The van der Waals surface area contributed by atoms with Crippen molar-refractivity contribution in [2.75, 3.05) is 0 Å². The molecule has 1 amide bonds. The van der Waals surface area contributed by atoms with Crippen molar-refractivity contribution < 1.29 is 14.6 Å². The first kappa shape index (κ1) is 12.5. The molecule has 3 saturated carbocycles. The molecule has 1 atom stereocenters. The first-order chi connectivity index (χ1) is 9.06. The lowest BCUT2D eigenvalue weighted by molar-refractivity contribution is -0.130. The van der Waals surface area contributed by atoms with Gasteiger partial charge in [0.05, 0.1) is 6.10 Å². The van der Waals surface area contributed by atoms with Gasteiger partial charge in [-0.3, -0.25) is 0 Å². The number of benzene rings is 1. The summed E-state index contributed by atoms with van der Waals surface area (Å²) in [5.74, 6) is 0. The lowest BCUT2D eigenvalue weighted by Gasteiger charge is -2.55. The van der Waals surface area contributed by atoms with E-state index >= 15 is 0 Å². The van der Waals surface area contributed by atoms with Crippen molar-refractivity contribution in [1.82, 2.24) is 0 Å². The van der Waals surface area contributed by atoms with E-state index in [0.29, 0.717) is 6.42 Å². The number of hydrogen-bond acceptors (Lipinski definition) is 3. The summed E-state index contributed by atoms with van der Waals surface area (Å²) in [6.45, 7) is 0. The number of primary amides is 1. The van der Waals surface area contributed by atoms with Crippen molar-refractivity contribution in [3.8, 4) is 0 Å². The van der Waals surface area contributed by atoms with Gasteiger partial charge in [0.2, 0.25) is 0 Å². The Morgan fingerprint density at radius 2 is 1.84 bits per heavy atom. The van der Waals surface area contributed by atoms with Crippen molar-refractivity contribution in [2.24, 2.45) is 5.73 Å². The van der Waals surface area contributed by atoms with Crippen LogP contribution in [0.5, 0.6) is 0 Å². The number of aliphatic hydroxyl groups excluding tert-OH is 1. The van der Waals surface area contributed by atoms with Crippen LogP contribution in [0.3, 0.4) is 0 Å². The van der Waals surface area contributed by atoms with Crippen LogP contribution in [0.25, 0.3) is 0 Å². The lowest BCUT2D eigenvalue weighted by atomic mass is 9.54. The van der Waals surface area contributed by atoms with Gasteiger partial charge in [-0.25, -0.2) is 4.79 Å². The number of rotatable bonds is 2. The Bertz CT molecular complexity index is 477. The SMILES string of the molecule is NC(=O)OC12CCC(c3ccccc3)(CC1)C(O)C2. The molecule has 1 aromatic rings. The van der Waals surface area contributed by atoms with Crippen LogP contribution < -0.4 is 5.73 Å². The van der Waals surface area contributed by atoms with E-state index in [0.717, 1.165) is 25.7 Å². The maximum Gasteiger partial charge on any atom is 0.405 e. The molecule has 3 aliphatic carbocycles. The molecule has 3 N–H and O–H groups in total. The Balaban J connectivity index is 1.88. The van der Waals surface area contributed by atoms with E-state index in [1.54, 1.807) is 0 Å². The molecule has 102 valence electrons. The number of fused-ring (bicyclic) bond motifs is 3. The molecule has 0 heterocycles. The molecule has 0 spiro atoms. The van der Waals surface area contributed by atoms with Gasteiger partial charge in [0.15, 0.2) is 0 Å². The third-order valence-corrected chi connectivity index (χ3v) is 4.92. The van der Waals surface area contributed by atoms with E-state index in [-0.39, 0.29) is 5.41 Å². The summed E-state index contributed by atoms with van der Waals surface area (Å²) in [5.41, 5.74) is 5.62. The summed E-state index contributed by atoms with van der Waals surface area (Å²) in [4.78, 5) is 11.0. The van der Waals surface area contributed by atoms with Gasteiger partial charge in [0, 0.05) is 11.8 Å². The van der Waals surface area contributed by atoms with E-state index in [1.165, 1.54) is 5.56 Å². The fourth-order valence-electron chi connectivity index (χ4n) is 3.85. The predicted molar refractivity (Wildman–Crippen MR) is 70.6 cm³/mol. The van der Waals surface area contributed by atoms with Crippen LogP contribution in [0.2, 0.25) is 0 Å². The molecular formula is C15H19NO3. The average Bonchev–Trinajstić information content (AvgIpc) is 2.39. The van der Waals surface area contributed by atoms with Crippen LogP contribution >= 0.6 is 0 Å². The first-order valence-electron chi connectivity index (χ1n) is 6.78. The maximum atomic E-state index is 11.0. The Morgan fingerprint density at radius 1 is 1.21 bits per heavy atom. The van der Waals surface area contributed by atoms with Crippen LogP contribution in [0.1, 0.15) is 37.7 Å². The summed E-state index contributed by atoms with van der Waals surface area (Å²) in [5, 5.41) is 10.5. The summed E-state index contributed by atoms with van der Waals surface area (Å²) >= 11 is 0. The Labute approximate surface area is 112 Å². The van der Waals surface area contributed by atoms with Crippen LogP contribution in [-0.4, -0.2) is 22.9 Å². The topological polar surface area (TPSA) is 72.6 Å². The van der Waals surface area contributed by atoms with Gasteiger partial charge in [0.25, 0.3) is 0 Å². The zero-order chi connectivity index (χ0) is 13.5. The largest absolute Gasteiger partial charge is 0.443 e. The van der Waals surface area contributed by atoms with Gasteiger partial charge >= 0.3 is 6.09 Å². The van der Waals surface area contributed by atoms with Gasteiger partial charge in [-0.2, -0.15) is 0 Å². The van der Waals surface area contributed by atoms with Crippen molar-refractivity contribution in [1.29, 1.82) is 0 Å². The van der Waals surface area contributed by atoms with Crippen molar-refractivity contribution in [2.45, 2.75) is 49.2 Å². The minimum absolute atomic E-state index is 0.177. The molecule has 0 radical (unpaired) electrons. The minimum atomic E-state index is -0.735. The summed E-state index contributed by atoms with van der Waals surface area (Å²) in [6, 6.07) is 10.2. The minimum Gasteiger partial charge on any atom is -0.443 e. The molecule has 2 bridgehead atoms. The zero-order valence-electron chi connectivity index (χ0n) is 10.8. The number of aliphatic hydroxyl groups is 1. The standard InChI is InChI=1S/C15H19NO3/c16-13(18)19-14-6-8-15(9-7-14,12(17)10-14)11-4-2-1-3-5-11/h1-5,12,17H,6-10H2,(H2,16,18). The van der Waals surface area contributed by atoms with E-state index in [1.807, 2.05) is 18.2 Å². The third-order valence-electron chi connectivity index (χ3n) is 4.92. The molecule has 0 saturated heterocycles.